The monoisotopic (exact) mass is 393 g/mol. The molecule has 1 saturated heterocycles. The first-order valence-electron chi connectivity index (χ1n) is 8.93. The Labute approximate surface area is 158 Å². The van der Waals surface area contributed by atoms with Gasteiger partial charge in [-0.2, -0.15) is 5.10 Å². The number of carbonyl (C=O) groups excluding carboxylic acids is 1. The van der Waals surface area contributed by atoms with Gasteiger partial charge in [0.2, 0.25) is 11.8 Å². The SMILES string of the molecule is Cc1nnc(N2CC[C@@H](C(=O)N3N=CC[C@H]3c3cc(F)cc(F)c3)[C@@H](F)C2)o1. The maximum absolute atomic E-state index is 14.8. The average Bonchev–Trinajstić information content (AvgIpc) is 3.29. The summed E-state index contributed by atoms with van der Waals surface area (Å²) in [4.78, 5) is 14.5. The Morgan fingerprint density at radius 3 is 2.61 bits per heavy atom. The van der Waals surface area contributed by atoms with E-state index in [9.17, 15) is 18.0 Å². The van der Waals surface area contributed by atoms with E-state index >= 15 is 0 Å². The molecule has 28 heavy (non-hydrogen) atoms. The van der Waals surface area contributed by atoms with Crippen LogP contribution in [0.2, 0.25) is 0 Å². The predicted octanol–water partition coefficient (Wildman–Crippen LogP) is 2.78. The van der Waals surface area contributed by atoms with Crippen molar-refractivity contribution in [1.82, 2.24) is 15.2 Å². The van der Waals surface area contributed by atoms with Crippen molar-refractivity contribution in [3.63, 3.8) is 0 Å². The topological polar surface area (TPSA) is 74.8 Å². The smallest absolute Gasteiger partial charge is 0.318 e. The Balaban J connectivity index is 1.48. The van der Waals surface area contributed by atoms with E-state index in [1.54, 1.807) is 11.8 Å². The van der Waals surface area contributed by atoms with E-state index < -0.39 is 35.7 Å². The molecule has 4 rings (SSSR count). The number of aromatic nitrogens is 2. The molecule has 2 aliphatic rings. The van der Waals surface area contributed by atoms with Gasteiger partial charge in [0.15, 0.2) is 0 Å². The highest BCUT2D eigenvalue weighted by Gasteiger charge is 2.41. The molecule has 148 valence electrons. The highest BCUT2D eigenvalue weighted by molar-refractivity contribution is 5.82. The fourth-order valence-electron chi connectivity index (χ4n) is 3.61. The Morgan fingerprint density at radius 2 is 1.96 bits per heavy atom. The lowest BCUT2D eigenvalue weighted by Crippen LogP contribution is -2.48. The average molecular weight is 393 g/mol. The largest absolute Gasteiger partial charge is 0.408 e. The van der Waals surface area contributed by atoms with Crippen molar-refractivity contribution in [3.8, 4) is 0 Å². The third kappa shape index (κ3) is 3.46. The van der Waals surface area contributed by atoms with Crippen molar-refractivity contribution >= 4 is 18.1 Å². The second kappa shape index (κ2) is 7.25. The fourth-order valence-corrected chi connectivity index (χ4v) is 3.61. The van der Waals surface area contributed by atoms with Crippen molar-refractivity contribution in [2.24, 2.45) is 11.0 Å². The summed E-state index contributed by atoms with van der Waals surface area (Å²) in [5, 5.41) is 12.8. The Morgan fingerprint density at radius 1 is 1.21 bits per heavy atom. The summed E-state index contributed by atoms with van der Waals surface area (Å²) in [5.41, 5.74) is 0.289. The van der Waals surface area contributed by atoms with Crippen molar-refractivity contribution in [1.29, 1.82) is 0 Å². The molecule has 3 heterocycles. The van der Waals surface area contributed by atoms with Crippen molar-refractivity contribution in [3.05, 3.63) is 41.3 Å². The first-order valence-corrected chi connectivity index (χ1v) is 8.93. The molecule has 1 aromatic heterocycles. The maximum Gasteiger partial charge on any atom is 0.318 e. The zero-order valence-corrected chi connectivity index (χ0v) is 15.1. The molecule has 1 aromatic carbocycles. The van der Waals surface area contributed by atoms with Crippen LogP contribution in [0.1, 0.15) is 30.3 Å². The number of hydrogen-bond donors (Lipinski definition) is 0. The van der Waals surface area contributed by atoms with Crippen LogP contribution in [0.3, 0.4) is 0 Å². The van der Waals surface area contributed by atoms with Crippen LogP contribution in [0.4, 0.5) is 19.2 Å². The first kappa shape index (κ1) is 18.5. The Bertz CT molecular complexity index is 898. The third-order valence-corrected chi connectivity index (χ3v) is 4.97. The van der Waals surface area contributed by atoms with Crippen LogP contribution in [-0.4, -0.2) is 46.6 Å². The molecule has 0 radical (unpaired) electrons. The Hall–Kier alpha value is -2.91. The van der Waals surface area contributed by atoms with Gasteiger partial charge in [-0.05, 0) is 24.1 Å². The zero-order valence-electron chi connectivity index (χ0n) is 15.1. The number of rotatable bonds is 3. The summed E-state index contributed by atoms with van der Waals surface area (Å²) in [6.07, 6.45) is 0.576. The molecule has 0 unspecified atom stereocenters. The molecule has 0 bridgehead atoms. The summed E-state index contributed by atoms with van der Waals surface area (Å²) in [7, 11) is 0. The van der Waals surface area contributed by atoms with Gasteiger partial charge in [0.05, 0.1) is 18.5 Å². The number of benzene rings is 1. The third-order valence-electron chi connectivity index (χ3n) is 4.97. The number of piperidine rings is 1. The van der Waals surface area contributed by atoms with Gasteiger partial charge >= 0.3 is 6.01 Å². The summed E-state index contributed by atoms with van der Waals surface area (Å²) in [5.74, 6) is -2.50. The maximum atomic E-state index is 14.8. The molecular weight excluding hydrogens is 375 g/mol. The number of hydrogen-bond acceptors (Lipinski definition) is 6. The summed E-state index contributed by atoms with van der Waals surface area (Å²) < 4.78 is 47.2. The predicted molar refractivity (Wildman–Crippen MR) is 93.3 cm³/mol. The number of nitrogens with zero attached hydrogens (tertiary/aromatic N) is 5. The number of hydrazone groups is 1. The highest BCUT2D eigenvalue weighted by Crippen LogP contribution is 2.34. The molecule has 3 atom stereocenters. The summed E-state index contributed by atoms with van der Waals surface area (Å²) in [6.45, 7) is 1.95. The molecule has 10 heteroatoms. The van der Waals surface area contributed by atoms with E-state index in [0.717, 1.165) is 23.2 Å². The normalized spacial score (nSPS) is 24.8. The quantitative estimate of drug-likeness (QED) is 0.802. The van der Waals surface area contributed by atoms with E-state index in [-0.39, 0.29) is 24.5 Å². The molecule has 1 fully saturated rings. The van der Waals surface area contributed by atoms with Gasteiger partial charge in [-0.1, -0.05) is 5.10 Å². The van der Waals surface area contributed by atoms with E-state index in [4.69, 9.17) is 4.42 Å². The molecule has 0 spiro atoms. The number of anilines is 1. The first-order chi connectivity index (χ1) is 13.4. The van der Waals surface area contributed by atoms with Gasteiger partial charge in [0.1, 0.15) is 17.8 Å². The standard InChI is InChI=1S/C18H18F3N5O2/c1-10-23-24-18(28-10)25-5-3-14(15(21)9-25)17(27)26-16(2-4-22-26)11-6-12(19)8-13(20)7-11/h4,6-8,14-16H,2-3,5,9H2,1H3/t14-,15+,16+/m1/s1. The fraction of sp³-hybridized carbons (Fsp3) is 0.444. The number of carbonyl (C=O) groups is 1. The zero-order chi connectivity index (χ0) is 19.8. The minimum absolute atomic E-state index is 0.0607. The molecule has 7 nitrogen and oxygen atoms in total. The van der Waals surface area contributed by atoms with E-state index in [0.29, 0.717) is 18.9 Å². The number of aryl methyl sites for hydroxylation is 1. The van der Waals surface area contributed by atoms with E-state index in [1.807, 2.05) is 0 Å². The molecule has 1 amide bonds. The lowest BCUT2D eigenvalue weighted by atomic mass is 9.93. The molecule has 0 saturated carbocycles. The van der Waals surface area contributed by atoms with Crippen LogP contribution >= 0.6 is 0 Å². The van der Waals surface area contributed by atoms with Gasteiger partial charge in [-0.15, -0.1) is 5.10 Å². The van der Waals surface area contributed by atoms with Gasteiger partial charge in [-0.3, -0.25) is 4.79 Å². The summed E-state index contributed by atoms with van der Waals surface area (Å²) >= 11 is 0. The van der Waals surface area contributed by atoms with Crippen LogP contribution < -0.4 is 4.90 Å². The highest BCUT2D eigenvalue weighted by atomic mass is 19.1. The second-order valence-corrected chi connectivity index (χ2v) is 6.90. The number of amides is 1. The molecular formula is C18H18F3N5O2. The van der Waals surface area contributed by atoms with Gasteiger partial charge in [0.25, 0.3) is 0 Å². The molecule has 2 aliphatic heterocycles. The minimum Gasteiger partial charge on any atom is -0.408 e. The van der Waals surface area contributed by atoms with Crippen LogP contribution in [-0.2, 0) is 4.79 Å². The number of alkyl halides is 1. The van der Waals surface area contributed by atoms with Gasteiger partial charge in [-0.25, -0.2) is 18.2 Å². The van der Waals surface area contributed by atoms with Crippen LogP contribution in [0.25, 0.3) is 0 Å². The van der Waals surface area contributed by atoms with Crippen LogP contribution in [0.15, 0.2) is 27.7 Å². The number of halogens is 3. The molecule has 0 aliphatic carbocycles. The van der Waals surface area contributed by atoms with Crippen molar-refractivity contribution in [2.75, 3.05) is 18.0 Å². The van der Waals surface area contributed by atoms with E-state index in [2.05, 4.69) is 15.3 Å². The lowest BCUT2D eigenvalue weighted by molar-refractivity contribution is -0.140. The summed E-state index contributed by atoms with van der Waals surface area (Å²) in [6, 6.07) is 2.66. The van der Waals surface area contributed by atoms with Crippen molar-refractivity contribution in [2.45, 2.75) is 32.0 Å². The van der Waals surface area contributed by atoms with Crippen LogP contribution in [0.5, 0.6) is 0 Å². The molecule has 2 aromatic rings. The van der Waals surface area contributed by atoms with Crippen LogP contribution in [0, 0.1) is 24.5 Å². The van der Waals surface area contributed by atoms with E-state index in [1.165, 1.54) is 6.21 Å². The second-order valence-electron chi connectivity index (χ2n) is 6.90. The van der Waals surface area contributed by atoms with Gasteiger partial charge < -0.3 is 9.32 Å². The van der Waals surface area contributed by atoms with Gasteiger partial charge in [0, 0.05) is 32.2 Å². The van der Waals surface area contributed by atoms with Crippen molar-refractivity contribution < 1.29 is 22.4 Å². The Kier molecular flexibility index (Phi) is 4.78. The molecule has 0 N–H and O–H groups in total. The minimum atomic E-state index is -1.46. The lowest BCUT2D eigenvalue weighted by Gasteiger charge is -2.35.